The van der Waals surface area contributed by atoms with E-state index in [9.17, 15) is 0 Å². The van der Waals surface area contributed by atoms with E-state index in [1.54, 1.807) is 28.4 Å². The van der Waals surface area contributed by atoms with E-state index in [0.717, 1.165) is 0 Å². The van der Waals surface area contributed by atoms with Crippen LogP contribution in [0.15, 0.2) is 0 Å². The van der Waals surface area contributed by atoms with Crippen LogP contribution in [0, 0.1) is 0 Å². The summed E-state index contributed by atoms with van der Waals surface area (Å²) >= 11 is 0. The monoisotopic (exact) mass is 260 g/mol. The molecule has 4 fully saturated rings. The van der Waals surface area contributed by atoms with Crippen molar-refractivity contribution >= 4 is 0 Å². The molecule has 0 N–H and O–H groups in total. The summed E-state index contributed by atoms with van der Waals surface area (Å²) in [7, 11) is 6.51. The lowest BCUT2D eigenvalue weighted by Crippen LogP contribution is -2.76. The summed E-state index contributed by atoms with van der Waals surface area (Å²) in [4.78, 5) is 0. The second-order valence-electron chi connectivity index (χ2n) is 5.37. The fraction of sp³-hybridized carbons (Fsp3) is 1.00. The van der Waals surface area contributed by atoms with Gasteiger partial charge in [0, 0.05) is 28.4 Å². The molecule has 6 heteroatoms. The molecule has 4 bridgehead atoms. The highest BCUT2D eigenvalue weighted by atomic mass is 16.8. The van der Waals surface area contributed by atoms with Gasteiger partial charge in [-0.25, -0.2) is 0 Å². The Labute approximate surface area is 106 Å². The topological polar surface area (TPSA) is 55.4 Å². The van der Waals surface area contributed by atoms with Gasteiger partial charge in [-0.3, -0.25) is 0 Å². The molecular formula is C12H20O6. The van der Waals surface area contributed by atoms with Crippen molar-refractivity contribution in [3.63, 3.8) is 0 Å². The molecule has 0 aromatic rings. The highest BCUT2D eigenvalue weighted by Crippen LogP contribution is 2.61. The highest BCUT2D eigenvalue weighted by Gasteiger charge is 2.73. The molecule has 4 saturated heterocycles. The Kier molecular flexibility index (Phi) is 2.59. The van der Waals surface area contributed by atoms with E-state index in [4.69, 9.17) is 28.4 Å². The van der Waals surface area contributed by atoms with E-state index in [1.165, 1.54) is 0 Å². The first-order valence-corrected chi connectivity index (χ1v) is 6.09. The van der Waals surface area contributed by atoms with Crippen LogP contribution in [0.25, 0.3) is 0 Å². The Morgan fingerprint density at radius 2 is 0.778 bits per heavy atom. The maximum Gasteiger partial charge on any atom is 0.181 e. The second-order valence-corrected chi connectivity index (χ2v) is 5.37. The lowest BCUT2D eigenvalue weighted by molar-refractivity contribution is -0.549. The third kappa shape index (κ3) is 1.51. The van der Waals surface area contributed by atoms with Crippen molar-refractivity contribution in [1.29, 1.82) is 0 Å². The van der Waals surface area contributed by atoms with Gasteiger partial charge in [0.2, 0.25) is 0 Å². The van der Waals surface area contributed by atoms with Crippen LogP contribution in [-0.2, 0) is 28.4 Å². The molecule has 4 aliphatic rings. The molecule has 18 heavy (non-hydrogen) atoms. The number of rotatable bonds is 4. The smallest absolute Gasteiger partial charge is 0.181 e. The zero-order valence-electron chi connectivity index (χ0n) is 11.3. The third-order valence-electron chi connectivity index (χ3n) is 4.39. The van der Waals surface area contributed by atoms with Gasteiger partial charge in [0.05, 0.1) is 25.7 Å². The fourth-order valence-corrected chi connectivity index (χ4v) is 3.60. The molecule has 0 radical (unpaired) electrons. The predicted octanol–water partition coefficient (Wildman–Crippen LogP) is 0.992. The lowest BCUT2D eigenvalue weighted by atomic mass is 9.75. The van der Waals surface area contributed by atoms with E-state index >= 15 is 0 Å². The Balaban J connectivity index is 2.06. The number of hydrogen-bond acceptors (Lipinski definition) is 6. The predicted molar refractivity (Wildman–Crippen MR) is 59.6 cm³/mol. The van der Waals surface area contributed by atoms with Crippen molar-refractivity contribution in [2.24, 2.45) is 0 Å². The van der Waals surface area contributed by atoms with Crippen molar-refractivity contribution < 1.29 is 28.4 Å². The van der Waals surface area contributed by atoms with Crippen LogP contribution in [0.1, 0.15) is 25.7 Å². The van der Waals surface area contributed by atoms with Crippen LogP contribution in [0.4, 0.5) is 0 Å². The largest absolute Gasteiger partial charge is 0.353 e. The van der Waals surface area contributed by atoms with Gasteiger partial charge in [0.25, 0.3) is 0 Å². The molecule has 0 amide bonds. The summed E-state index contributed by atoms with van der Waals surface area (Å²) < 4.78 is 34.5. The van der Waals surface area contributed by atoms with Crippen LogP contribution < -0.4 is 0 Å². The minimum absolute atomic E-state index is 0.517. The number of hydrogen-bond donors (Lipinski definition) is 0. The minimum atomic E-state index is -0.767. The molecule has 4 rings (SSSR count). The number of ether oxygens (including phenoxy) is 6. The van der Waals surface area contributed by atoms with E-state index < -0.39 is 23.1 Å². The van der Waals surface area contributed by atoms with Gasteiger partial charge in [-0.2, -0.15) is 0 Å². The summed E-state index contributed by atoms with van der Waals surface area (Å²) in [5.74, 6) is -3.07. The maximum absolute atomic E-state index is 6.07. The zero-order chi connectivity index (χ0) is 13.1. The number of methoxy groups -OCH3 is 4. The summed E-state index contributed by atoms with van der Waals surface area (Å²) in [5.41, 5.74) is 0. The van der Waals surface area contributed by atoms with Crippen LogP contribution in [-0.4, -0.2) is 51.6 Å². The van der Waals surface area contributed by atoms with E-state index in [2.05, 4.69) is 0 Å². The first kappa shape index (κ1) is 12.8. The van der Waals surface area contributed by atoms with E-state index in [1.807, 2.05) is 0 Å². The molecule has 0 saturated carbocycles. The molecule has 4 aliphatic heterocycles. The van der Waals surface area contributed by atoms with Gasteiger partial charge in [-0.15, -0.1) is 0 Å². The van der Waals surface area contributed by atoms with Crippen LogP contribution in [0.3, 0.4) is 0 Å². The van der Waals surface area contributed by atoms with Crippen molar-refractivity contribution in [1.82, 2.24) is 0 Å². The summed E-state index contributed by atoms with van der Waals surface area (Å²) in [6, 6.07) is 0. The van der Waals surface area contributed by atoms with Gasteiger partial charge in [-0.1, -0.05) is 0 Å². The Hall–Kier alpha value is -0.240. The lowest BCUT2D eigenvalue weighted by Gasteiger charge is -2.66. The van der Waals surface area contributed by atoms with Gasteiger partial charge in [0.15, 0.2) is 23.1 Å². The van der Waals surface area contributed by atoms with Gasteiger partial charge >= 0.3 is 0 Å². The van der Waals surface area contributed by atoms with E-state index in [0.29, 0.717) is 25.7 Å². The zero-order valence-corrected chi connectivity index (χ0v) is 11.3. The van der Waals surface area contributed by atoms with Gasteiger partial charge in [-0.05, 0) is 0 Å². The Morgan fingerprint density at radius 3 is 0.944 bits per heavy atom. The molecule has 0 aromatic carbocycles. The highest BCUT2D eigenvalue weighted by molar-refractivity contribution is 5.08. The molecule has 6 nitrogen and oxygen atoms in total. The first-order chi connectivity index (χ1) is 8.49. The summed E-state index contributed by atoms with van der Waals surface area (Å²) in [6.45, 7) is 0. The average molecular weight is 260 g/mol. The summed E-state index contributed by atoms with van der Waals surface area (Å²) in [6.07, 6.45) is 2.07. The van der Waals surface area contributed by atoms with Crippen LogP contribution >= 0.6 is 0 Å². The van der Waals surface area contributed by atoms with Crippen molar-refractivity contribution in [3.05, 3.63) is 0 Å². The quantitative estimate of drug-likeness (QED) is 0.751. The molecule has 0 unspecified atom stereocenters. The normalized spacial score (nSPS) is 54.0. The molecule has 0 aliphatic carbocycles. The molecular weight excluding hydrogens is 240 g/mol. The van der Waals surface area contributed by atoms with E-state index in [-0.39, 0.29) is 0 Å². The fourth-order valence-electron chi connectivity index (χ4n) is 3.60. The molecule has 0 atom stereocenters. The molecule has 0 spiro atoms. The van der Waals surface area contributed by atoms with Crippen molar-refractivity contribution in [2.45, 2.75) is 48.8 Å². The average Bonchev–Trinajstić information content (AvgIpc) is 2.37. The molecule has 0 aromatic heterocycles. The standard InChI is InChI=1S/C12H20O6/c1-13-9-5-10(14-2)7-12(16-4,17-9)8-11(6-9,15-3)18-10/h5-8H2,1-4H3. The SMILES string of the molecule is COC12CC3(OC)CC(OC)(CC(OC)(C1)O3)O2. The third-order valence-corrected chi connectivity index (χ3v) is 4.39. The molecule has 4 heterocycles. The van der Waals surface area contributed by atoms with Crippen molar-refractivity contribution in [2.75, 3.05) is 28.4 Å². The van der Waals surface area contributed by atoms with Crippen LogP contribution in [0.2, 0.25) is 0 Å². The summed E-state index contributed by atoms with van der Waals surface area (Å²) in [5, 5.41) is 0. The molecule has 104 valence electrons. The first-order valence-electron chi connectivity index (χ1n) is 6.09. The Morgan fingerprint density at radius 1 is 0.556 bits per heavy atom. The van der Waals surface area contributed by atoms with Crippen molar-refractivity contribution in [3.8, 4) is 0 Å². The maximum atomic E-state index is 6.07. The van der Waals surface area contributed by atoms with Gasteiger partial charge < -0.3 is 28.4 Å². The second kappa shape index (κ2) is 3.65. The minimum Gasteiger partial charge on any atom is -0.353 e. The van der Waals surface area contributed by atoms with Crippen LogP contribution in [0.5, 0.6) is 0 Å². The van der Waals surface area contributed by atoms with Gasteiger partial charge in [0.1, 0.15) is 0 Å². The Bertz CT molecular complexity index is 253.